The van der Waals surface area contributed by atoms with E-state index in [-0.39, 0.29) is 0 Å². The smallest absolute Gasteiger partial charge is 0.0991 e. The summed E-state index contributed by atoms with van der Waals surface area (Å²) in [6, 6.07) is 14.9. The van der Waals surface area contributed by atoms with Gasteiger partial charge in [-0.1, -0.05) is 24.3 Å². The number of nitrogens with two attached hydrogens (primary N) is 2. The summed E-state index contributed by atoms with van der Waals surface area (Å²) in [7, 11) is 0. The van der Waals surface area contributed by atoms with E-state index in [9.17, 15) is 0 Å². The number of para-hydroxylation sites is 1. The molecule has 0 aliphatic carbocycles. The van der Waals surface area contributed by atoms with Gasteiger partial charge in [-0.2, -0.15) is 5.26 Å². The van der Waals surface area contributed by atoms with E-state index < -0.39 is 0 Å². The fourth-order valence-electron chi connectivity index (χ4n) is 1.56. The number of anilines is 2. The molecule has 0 aromatic heterocycles. The van der Waals surface area contributed by atoms with E-state index in [1.165, 1.54) is 0 Å². The van der Waals surface area contributed by atoms with Gasteiger partial charge in [0.2, 0.25) is 0 Å². The molecule has 78 valence electrons. The molecule has 0 unspecified atom stereocenters. The number of hydrogen-bond donors (Lipinski definition) is 2. The van der Waals surface area contributed by atoms with Gasteiger partial charge >= 0.3 is 0 Å². The molecule has 3 heteroatoms. The number of nitrogens with zero attached hydrogens (tertiary/aromatic N) is 1. The molecule has 4 N–H and O–H groups in total. The number of nitriles is 1. The Morgan fingerprint density at radius 1 is 0.938 bits per heavy atom. The van der Waals surface area contributed by atoms with E-state index in [0.29, 0.717) is 16.9 Å². The van der Waals surface area contributed by atoms with Crippen LogP contribution < -0.4 is 11.5 Å². The highest BCUT2D eigenvalue weighted by Crippen LogP contribution is 2.29. The van der Waals surface area contributed by atoms with Gasteiger partial charge in [0.25, 0.3) is 0 Å². The Balaban J connectivity index is 2.51. The van der Waals surface area contributed by atoms with Crippen molar-refractivity contribution in [2.24, 2.45) is 0 Å². The van der Waals surface area contributed by atoms with E-state index in [1.807, 2.05) is 24.3 Å². The van der Waals surface area contributed by atoms with Crippen LogP contribution in [0.5, 0.6) is 0 Å². The van der Waals surface area contributed by atoms with E-state index in [2.05, 4.69) is 6.07 Å². The van der Waals surface area contributed by atoms with Crippen LogP contribution in [-0.2, 0) is 0 Å². The maximum absolute atomic E-state index is 8.70. The highest BCUT2D eigenvalue weighted by Gasteiger charge is 2.04. The fraction of sp³-hybridized carbons (Fsp3) is 0. The quantitative estimate of drug-likeness (QED) is 0.708. The zero-order chi connectivity index (χ0) is 11.5. The first-order valence-corrected chi connectivity index (χ1v) is 4.87. The molecule has 0 radical (unpaired) electrons. The van der Waals surface area contributed by atoms with Crippen molar-refractivity contribution >= 4 is 11.4 Å². The third-order valence-corrected chi connectivity index (χ3v) is 2.46. The van der Waals surface area contributed by atoms with Crippen molar-refractivity contribution in [2.45, 2.75) is 0 Å². The van der Waals surface area contributed by atoms with Crippen LogP contribution in [0.3, 0.4) is 0 Å². The van der Waals surface area contributed by atoms with Gasteiger partial charge in [-0.3, -0.25) is 0 Å². The monoisotopic (exact) mass is 209 g/mol. The highest BCUT2D eigenvalue weighted by atomic mass is 14.7. The second-order valence-corrected chi connectivity index (χ2v) is 3.50. The number of hydrogen-bond acceptors (Lipinski definition) is 3. The van der Waals surface area contributed by atoms with Crippen LogP contribution in [0.15, 0.2) is 42.5 Å². The number of benzene rings is 2. The topological polar surface area (TPSA) is 75.8 Å². The second kappa shape index (κ2) is 3.95. The molecule has 0 saturated heterocycles. The van der Waals surface area contributed by atoms with Gasteiger partial charge in [0.1, 0.15) is 0 Å². The maximum Gasteiger partial charge on any atom is 0.0991 e. The van der Waals surface area contributed by atoms with Crippen molar-refractivity contribution in [1.82, 2.24) is 0 Å². The molecule has 0 amide bonds. The minimum Gasteiger partial charge on any atom is -0.397 e. The SMILES string of the molecule is N#Cc1ccc(-c2cccc(N)c2N)cc1. The van der Waals surface area contributed by atoms with E-state index in [0.717, 1.165) is 11.1 Å². The van der Waals surface area contributed by atoms with Gasteiger partial charge < -0.3 is 11.5 Å². The van der Waals surface area contributed by atoms with Crippen molar-refractivity contribution in [3.63, 3.8) is 0 Å². The van der Waals surface area contributed by atoms with Crippen molar-refractivity contribution in [3.05, 3.63) is 48.0 Å². The summed E-state index contributed by atoms with van der Waals surface area (Å²) < 4.78 is 0. The van der Waals surface area contributed by atoms with Crippen LogP contribution >= 0.6 is 0 Å². The molecular formula is C13H11N3. The zero-order valence-corrected chi connectivity index (χ0v) is 8.64. The molecule has 2 rings (SSSR count). The summed E-state index contributed by atoms with van der Waals surface area (Å²) in [5, 5.41) is 8.70. The van der Waals surface area contributed by atoms with E-state index in [4.69, 9.17) is 16.7 Å². The molecule has 0 fully saturated rings. The molecule has 0 heterocycles. The Morgan fingerprint density at radius 3 is 2.25 bits per heavy atom. The molecule has 0 bridgehead atoms. The third kappa shape index (κ3) is 1.69. The largest absolute Gasteiger partial charge is 0.397 e. The van der Waals surface area contributed by atoms with Gasteiger partial charge in [-0.25, -0.2) is 0 Å². The summed E-state index contributed by atoms with van der Waals surface area (Å²) in [4.78, 5) is 0. The van der Waals surface area contributed by atoms with Gasteiger partial charge in [-0.15, -0.1) is 0 Å². The first-order chi connectivity index (χ1) is 7.72. The average molecular weight is 209 g/mol. The minimum atomic E-state index is 0.571. The van der Waals surface area contributed by atoms with Gasteiger partial charge in [0.15, 0.2) is 0 Å². The van der Waals surface area contributed by atoms with Crippen molar-refractivity contribution in [3.8, 4) is 17.2 Å². The molecule has 0 aliphatic heterocycles. The Morgan fingerprint density at radius 2 is 1.62 bits per heavy atom. The zero-order valence-electron chi connectivity index (χ0n) is 8.64. The molecule has 3 nitrogen and oxygen atoms in total. The van der Waals surface area contributed by atoms with Crippen LogP contribution in [-0.4, -0.2) is 0 Å². The predicted molar refractivity (Wildman–Crippen MR) is 65.4 cm³/mol. The van der Waals surface area contributed by atoms with Crippen LogP contribution in [0, 0.1) is 11.3 Å². The molecule has 0 spiro atoms. The summed E-state index contributed by atoms with van der Waals surface area (Å²) in [6.07, 6.45) is 0. The van der Waals surface area contributed by atoms with Crippen molar-refractivity contribution in [1.29, 1.82) is 5.26 Å². The predicted octanol–water partition coefficient (Wildman–Crippen LogP) is 2.39. The summed E-state index contributed by atoms with van der Waals surface area (Å²) in [6.45, 7) is 0. The minimum absolute atomic E-state index is 0.571. The Kier molecular flexibility index (Phi) is 2.49. The van der Waals surface area contributed by atoms with Crippen LogP contribution in [0.2, 0.25) is 0 Å². The second-order valence-electron chi connectivity index (χ2n) is 3.50. The molecule has 0 saturated carbocycles. The lowest BCUT2D eigenvalue weighted by Gasteiger charge is -2.07. The first kappa shape index (κ1) is 10.1. The Labute approximate surface area is 93.9 Å². The molecule has 2 aromatic rings. The standard InChI is InChI=1S/C13H11N3/c14-8-9-4-6-10(7-5-9)11-2-1-3-12(15)13(11)16/h1-7H,15-16H2. The molecule has 0 aliphatic rings. The van der Waals surface area contributed by atoms with Crippen LogP contribution in [0.25, 0.3) is 11.1 Å². The number of nitrogen functional groups attached to an aromatic ring is 2. The van der Waals surface area contributed by atoms with Crippen LogP contribution in [0.1, 0.15) is 5.56 Å². The average Bonchev–Trinajstić information content (AvgIpc) is 2.33. The maximum atomic E-state index is 8.70. The summed E-state index contributed by atoms with van der Waals surface area (Å²) >= 11 is 0. The summed E-state index contributed by atoms with van der Waals surface area (Å²) in [5.41, 5.74) is 15.3. The van der Waals surface area contributed by atoms with Gasteiger partial charge in [0.05, 0.1) is 23.0 Å². The van der Waals surface area contributed by atoms with E-state index in [1.54, 1.807) is 18.2 Å². The van der Waals surface area contributed by atoms with Crippen molar-refractivity contribution in [2.75, 3.05) is 11.5 Å². The highest BCUT2D eigenvalue weighted by molar-refractivity contribution is 5.84. The molecule has 2 aromatic carbocycles. The van der Waals surface area contributed by atoms with Gasteiger partial charge in [-0.05, 0) is 23.8 Å². The van der Waals surface area contributed by atoms with E-state index >= 15 is 0 Å². The first-order valence-electron chi connectivity index (χ1n) is 4.87. The Hall–Kier alpha value is -2.47. The lowest BCUT2D eigenvalue weighted by Crippen LogP contribution is -1.96. The lowest BCUT2D eigenvalue weighted by molar-refractivity contribution is 1.48. The molecule has 0 atom stereocenters. The lowest BCUT2D eigenvalue weighted by atomic mass is 10.0. The van der Waals surface area contributed by atoms with Gasteiger partial charge in [0, 0.05) is 5.56 Å². The summed E-state index contributed by atoms with van der Waals surface area (Å²) in [5.74, 6) is 0. The third-order valence-electron chi connectivity index (χ3n) is 2.46. The number of rotatable bonds is 1. The molecule has 16 heavy (non-hydrogen) atoms. The molecular weight excluding hydrogens is 198 g/mol. The van der Waals surface area contributed by atoms with Crippen molar-refractivity contribution < 1.29 is 0 Å². The normalized spacial score (nSPS) is 9.69. The van der Waals surface area contributed by atoms with Crippen LogP contribution in [0.4, 0.5) is 11.4 Å². The fourth-order valence-corrected chi connectivity index (χ4v) is 1.56. The Bertz CT molecular complexity index is 550.